The minimum Gasteiger partial charge on any atom is -0.365 e. The molecule has 78 valence electrons. The fourth-order valence-corrected chi connectivity index (χ4v) is 1.41. The van der Waals surface area contributed by atoms with Crippen molar-refractivity contribution in [1.29, 1.82) is 0 Å². The fourth-order valence-electron chi connectivity index (χ4n) is 1.22. The van der Waals surface area contributed by atoms with Crippen molar-refractivity contribution in [3.05, 3.63) is 24.0 Å². The van der Waals surface area contributed by atoms with Gasteiger partial charge in [0.25, 0.3) is 0 Å². The number of carbonyl (C=O) groups excluding carboxylic acids is 1. The maximum absolute atomic E-state index is 11.4. The SMILES string of the molecule is CN(CCc1ccc[nH]1)C(=O)CCS. The maximum Gasteiger partial charge on any atom is 0.223 e. The zero-order chi connectivity index (χ0) is 10.4. The highest BCUT2D eigenvalue weighted by atomic mass is 32.1. The van der Waals surface area contributed by atoms with Crippen LogP contribution in [0.5, 0.6) is 0 Å². The van der Waals surface area contributed by atoms with Gasteiger partial charge in [0.1, 0.15) is 0 Å². The quantitative estimate of drug-likeness (QED) is 0.710. The molecule has 0 fully saturated rings. The van der Waals surface area contributed by atoms with Crippen molar-refractivity contribution in [2.24, 2.45) is 0 Å². The molecule has 1 N–H and O–H groups in total. The highest BCUT2D eigenvalue weighted by molar-refractivity contribution is 7.80. The molecule has 1 amide bonds. The molecule has 3 nitrogen and oxygen atoms in total. The molecule has 0 spiro atoms. The number of H-pyrrole nitrogens is 1. The number of rotatable bonds is 5. The number of aromatic nitrogens is 1. The molecule has 1 aromatic heterocycles. The lowest BCUT2D eigenvalue weighted by atomic mass is 10.3. The summed E-state index contributed by atoms with van der Waals surface area (Å²) in [7, 11) is 1.83. The Morgan fingerprint density at radius 3 is 3.00 bits per heavy atom. The third-order valence-electron chi connectivity index (χ3n) is 2.13. The molecule has 1 heterocycles. The van der Waals surface area contributed by atoms with Crippen LogP contribution < -0.4 is 0 Å². The molecule has 0 atom stereocenters. The summed E-state index contributed by atoms with van der Waals surface area (Å²) >= 11 is 4.03. The van der Waals surface area contributed by atoms with E-state index >= 15 is 0 Å². The van der Waals surface area contributed by atoms with Crippen molar-refractivity contribution in [1.82, 2.24) is 9.88 Å². The lowest BCUT2D eigenvalue weighted by Crippen LogP contribution is -2.28. The van der Waals surface area contributed by atoms with Crippen LogP contribution in [0.25, 0.3) is 0 Å². The molecule has 0 bridgehead atoms. The Morgan fingerprint density at radius 2 is 2.43 bits per heavy atom. The number of amides is 1. The van der Waals surface area contributed by atoms with Gasteiger partial charge in [-0.1, -0.05) is 0 Å². The van der Waals surface area contributed by atoms with Crippen molar-refractivity contribution in [2.75, 3.05) is 19.3 Å². The van der Waals surface area contributed by atoms with E-state index in [2.05, 4.69) is 17.6 Å². The van der Waals surface area contributed by atoms with Crippen molar-refractivity contribution >= 4 is 18.5 Å². The minimum absolute atomic E-state index is 0.159. The summed E-state index contributed by atoms with van der Waals surface area (Å²) in [6, 6.07) is 3.99. The zero-order valence-corrected chi connectivity index (χ0v) is 9.26. The van der Waals surface area contributed by atoms with E-state index in [-0.39, 0.29) is 5.91 Å². The first-order chi connectivity index (χ1) is 6.74. The molecule has 0 saturated heterocycles. The normalized spacial score (nSPS) is 10.1. The first-order valence-electron chi connectivity index (χ1n) is 4.71. The average molecular weight is 212 g/mol. The van der Waals surface area contributed by atoms with Gasteiger partial charge in [-0.15, -0.1) is 0 Å². The van der Waals surface area contributed by atoms with Gasteiger partial charge in [-0.05, 0) is 17.9 Å². The fraction of sp³-hybridized carbons (Fsp3) is 0.500. The Hall–Kier alpha value is -0.900. The smallest absolute Gasteiger partial charge is 0.223 e. The first kappa shape index (κ1) is 11.2. The van der Waals surface area contributed by atoms with E-state index < -0.39 is 0 Å². The summed E-state index contributed by atoms with van der Waals surface area (Å²) in [6.07, 6.45) is 3.29. The number of hydrogen-bond donors (Lipinski definition) is 2. The van der Waals surface area contributed by atoms with Crippen molar-refractivity contribution in [3.8, 4) is 0 Å². The number of nitrogens with zero attached hydrogens (tertiary/aromatic N) is 1. The topological polar surface area (TPSA) is 36.1 Å². The Balaban J connectivity index is 2.27. The number of hydrogen-bond acceptors (Lipinski definition) is 2. The Labute approximate surface area is 89.9 Å². The van der Waals surface area contributed by atoms with Crippen LogP contribution in [-0.2, 0) is 11.2 Å². The third kappa shape index (κ3) is 3.46. The lowest BCUT2D eigenvalue weighted by molar-refractivity contribution is -0.129. The molecule has 4 heteroatoms. The molecule has 0 saturated carbocycles. The van der Waals surface area contributed by atoms with Gasteiger partial charge in [0, 0.05) is 38.3 Å². The molecular formula is C10H16N2OS. The Morgan fingerprint density at radius 1 is 1.64 bits per heavy atom. The first-order valence-corrected chi connectivity index (χ1v) is 5.34. The third-order valence-corrected chi connectivity index (χ3v) is 2.35. The number of thiol groups is 1. The van der Waals surface area contributed by atoms with E-state index in [0.717, 1.165) is 18.7 Å². The standard InChI is InChI=1S/C10H16N2OS/c1-12(10(13)5-8-14)7-4-9-3-2-6-11-9/h2-3,6,11,14H,4-5,7-8H2,1H3. The highest BCUT2D eigenvalue weighted by Gasteiger charge is 2.06. The van der Waals surface area contributed by atoms with E-state index in [1.165, 1.54) is 0 Å². The van der Waals surface area contributed by atoms with Crippen molar-refractivity contribution in [2.45, 2.75) is 12.8 Å². The summed E-state index contributed by atoms with van der Waals surface area (Å²) in [5.74, 6) is 0.776. The molecule has 0 aliphatic heterocycles. The second-order valence-corrected chi connectivity index (χ2v) is 3.68. The van der Waals surface area contributed by atoms with Gasteiger partial charge < -0.3 is 9.88 Å². The molecule has 0 aliphatic carbocycles. The molecule has 0 unspecified atom stereocenters. The molecule has 14 heavy (non-hydrogen) atoms. The number of likely N-dealkylation sites (N-methyl/N-ethyl adjacent to an activating group) is 1. The molecule has 0 aromatic carbocycles. The van der Waals surface area contributed by atoms with Gasteiger partial charge in [0.2, 0.25) is 5.91 Å². The largest absolute Gasteiger partial charge is 0.365 e. The lowest BCUT2D eigenvalue weighted by Gasteiger charge is -2.15. The van der Waals surface area contributed by atoms with Crippen molar-refractivity contribution in [3.63, 3.8) is 0 Å². The van der Waals surface area contributed by atoms with Crippen LogP contribution >= 0.6 is 12.6 Å². The van der Waals surface area contributed by atoms with E-state index in [1.54, 1.807) is 4.90 Å². The summed E-state index contributed by atoms with van der Waals surface area (Å²) in [6.45, 7) is 0.757. The van der Waals surface area contributed by atoms with Crippen LogP contribution in [-0.4, -0.2) is 35.1 Å². The van der Waals surface area contributed by atoms with E-state index in [0.29, 0.717) is 12.2 Å². The monoisotopic (exact) mass is 212 g/mol. The summed E-state index contributed by atoms with van der Waals surface area (Å²) < 4.78 is 0. The van der Waals surface area contributed by atoms with Crippen LogP contribution in [0, 0.1) is 0 Å². The van der Waals surface area contributed by atoms with Gasteiger partial charge in [-0.2, -0.15) is 12.6 Å². The van der Waals surface area contributed by atoms with Crippen LogP contribution in [0.15, 0.2) is 18.3 Å². The predicted molar refractivity (Wildman–Crippen MR) is 60.6 cm³/mol. The van der Waals surface area contributed by atoms with E-state index in [1.807, 2.05) is 25.4 Å². The molecular weight excluding hydrogens is 196 g/mol. The number of nitrogens with one attached hydrogen (secondary N) is 1. The van der Waals surface area contributed by atoms with Gasteiger partial charge in [-0.25, -0.2) is 0 Å². The van der Waals surface area contributed by atoms with Crippen LogP contribution in [0.3, 0.4) is 0 Å². The van der Waals surface area contributed by atoms with Crippen LogP contribution in [0.4, 0.5) is 0 Å². The highest BCUT2D eigenvalue weighted by Crippen LogP contribution is 1.99. The number of aromatic amines is 1. The Kier molecular flexibility index (Phi) is 4.59. The van der Waals surface area contributed by atoms with Gasteiger partial charge in [-0.3, -0.25) is 4.79 Å². The second-order valence-electron chi connectivity index (χ2n) is 3.23. The molecule has 0 aliphatic rings. The van der Waals surface area contributed by atoms with Gasteiger partial charge >= 0.3 is 0 Å². The molecule has 1 aromatic rings. The predicted octanol–water partition coefficient (Wildman–Crippen LogP) is 1.34. The maximum atomic E-state index is 11.4. The van der Waals surface area contributed by atoms with Gasteiger partial charge in [0.15, 0.2) is 0 Å². The summed E-state index contributed by atoms with van der Waals surface area (Å²) in [5, 5.41) is 0. The molecule has 0 radical (unpaired) electrons. The summed E-state index contributed by atoms with van der Waals surface area (Å²) in [4.78, 5) is 16.2. The number of carbonyl (C=O) groups is 1. The van der Waals surface area contributed by atoms with Crippen molar-refractivity contribution < 1.29 is 4.79 Å². The average Bonchev–Trinajstić information content (AvgIpc) is 2.67. The molecule has 1 rings (SSSR count). The van der Waals surface area contributed by atoms with Gasteiger partial charge in [0.05, 0.1) is 0 Å². The van der Waals surface area contributed by atoms with Crippen LogP contribution in [0.2, 0.25) is 0 Å². The van der Waals surface area contributed by atoms with E-state index in [4.69, 9.17) is 0 Å². The van der Waals surface area contributed by atoms with E-state index in [9.17, 15) is 4.79 Å². The van der Waals surface area contributed by atoms with Crippen LogP contribution in [0.1, 0.15) is 12.1 Å². The Bertz CT molecular complexity index is 272. The second kappa shape index (κ2) is 5.75. The summed E-state index contributed by atoms with van der Waals surface area (Å²) in [5.41, 5.74) is 1.16. The zero-order valence-electron chi connectivity index (χ0n) is 8.36. The minimum atomic E-state index is 0.159.